The van der Waals surface area contributed by atoms with Crippen LogP contribution in [0.4, 0.5) is 0 Å². The van der Waals surface area contributed by atoms with Crippen LogP contribution in [0.15, 0.2) is 109 Å². The number of aromatic nitrogens is 1. The number of ether oxygens (including phenoxy) is 3. The Labute approximate surface area is 312 Å². The number of pyridine rings is 1. The number of rotatable bonds is 13. The van der Waals surface area contributed by atoms with E-state index in [-0.39, 0.29) is 11.9 Å². The van der Waals surface area contributed by atoms with E-state index in [1.165, 1.54) is 22.3 Å². The second kappa shape index (κ2) is 17.4. The van der Waals surface area contributed by atoms with Crippen molar-refractivity contribution >= 4 is 23.6 Å². The Morgan fingerprint density at radius 1 is 0.827 bits per heavy atom. The molecule has 268 valence electrons. The summed E-state index contributed by atoms with van der Waals surface area (Å²) in [7, 11) is 0. The monoisotopic (exact) mass is 715 g/mol. The number of amides is 1. The highest BCUT2D eigenvalue weighted by molar-refractivity contribution is 6.32. The van der Waals surface area contributed by atoms with Crippen LogP contribution in [0.3, 0.4) is 0 Å². The van der Waals surface area contributed by atoms with Crippen LogP contribution in [-0.2, 0) is 24.4 Å². The zero-order valence-electron chi connectivity index (χ0n) is 30.3. The minimum absolute atomic E-state index is 0.00769. The lowest BCUT2D eigenvalue weighted by atomic mass is 10.1. The normalized spacial score (nSPS) is 14.8. The molecule has 1 aliphatic rings. The fourth-order valence-corrected chi connectivity index (χ4v) is 6.43. The van der Waals surface area contributed by atoms with Gasteiger partial charge in [0.05, 0.1) is 17.8 Å². The van der Waals surface area contributed by atoms with Crippen LogP contribution >= 0.6 is 11.6 Å². The zero-order valence-corrected chi connectivity index (χ0v) is 31.1. The van der Waals surface area contributed by atoms with Gasteiger partial charge in [-0.2, -0.15) is 0 Å². The van der Waals surface area contributed by atoms with Crippen molar-refractivity contribution in [3.63, 3.8) is 0 Å². The van der Waals surface area contributed by atoms with Gasteiger partial charge in [-0.15, -0.1) is 0 Å². The van der Waals surface area contributed by atoms with Gasteiger partial charge in [-0.3, -0.25) is 9.69 Å². The number of halogens is 1. The summed E-state index contributed by atoms with van der Waals surface area (Å²) in [5.74, 6) is 2.49. The van der Waals surface area contributed by atoms with Gasteiger partial charge in [0.2, 0.25) is 11.8 Å². The maximum Gasteiger partial charge on any atom is 0.246 e. The SMILES string of the molecule is Cc1ccc(COc2ccc(Oc3c(C)cc(/C=C/C(=O)N4CCN(Cc5ccc(CCOc6ccc(C)cc6)cc5)[C@@H](C)C4)cc3Cl)nc2)cc1. The zero-order chi connectivity index (χ0) is 36.5. The summed E-state index contributed by atoms with van der Waals surface area (Å²) in [6.07, 6.45) is 5.94. The molecular weight excluding hydrogens is 670 g/mol. The molecular formula is C44H46ClN3O4. The fraction of sp³-hybridized carbons (Fsp3) is 0.273. The molecule has 0 N–H and O–H groups in total. The lowest BCUT2D eigenvalue weighted by Crippen LogP contribution is -2.52. The Balaban J connectivity index is 0.952. The number of hydrogen-bond acceptors (Lipinski definition) is 6. The summed E-state index contributed by atoms with van der Waals surface area (Å²) in [6, 6.07) is 32.7. The van der Waals surface area contributed by atoms with Gasteiger partial charge < -0.3 is 19.1 Å². The Morgan fingerprint density at radius 3 is 2.17 bits per heavy atom. The average molecular weight is 716 g/mol. The maximum absolute atomic E-state index is 13.2. The molecule has 1 aliphatic heterocycles. The van der Waals surface area contributed by atoms with Crippen molar-refractivity contribution in [2.45, 2.75) is 53.3 Å². The van der Waals surface area contributed by atoms with E-state index in [1.807, 2.05) is 42.2 Å². The van der Waals surface area contributed by atoms with Gasteiger partial charge in [-0.25, -0.2) is 4.98 Å². The van der Waals surface area contributed by atoms with E-state index in [2.05, 4.69) is 91.3 Å². The van der Waals surface area contributed by atoms with Crippen molar-refractivity contribution in [3.8, 4) is 23.1 Å². The molecule has 1 amide bonds. The van der Waals surface area contributed by atoms with Gasteiger partial charge in [-0.05, 0) is 91.9 Å². The molecule has 1 atom stereocenters. The van der Waals surface area contributed by atoms with Crippen LogP contribution in [0.2, 0.25) is 5.02 Å². The lowest BCUT2D eigenvalue weighted by Gasteiger charge is -2.39. The molecule has 0 radical (unpaired) electrons. The van der Waals surface area contributed by atoms with Crippen LogP contribution < -0.4 is 14.2 Å². The topological polar surface area (TPSA) is 64.1 Å². The van der Waals surface area contributed by atoms with Gasteiger partial charge in [0.15, 0.2) is 5.75 Å². The number of aryl methyl sites for hydroxylation is 3. The Hall–Kier alpha value is -5.11. The molecule has 1 saturated heterocycles. The van der Waals surface area contributed by atoms with Crippen molar-refractivity contribution in [3.05, 3.63) is 153 Å². The van der Waals surface area contributed by atoms with E-state index in [1.54, 1.807) is 24.4 Å². The number of nitrogens with zero attached hydrogens (tertiary/aromatic N) is 3. The summed E-state index contributed by atoms with van der Waals surface area (Å²) in [5.41, 5.74) is 7.72. The highest BCUT2D eigenvalue weighted by Gasteiger charge is 2.25. The standard InChI is InChI=1S/C44H46ClN3O4/c1-31-5-9-37(10-6-31)30-51-40-18-19-42(46-27-40)52-44-33(3)25-38(26-41(44)45)15-20-43(49)48-23-22-47(34(4)28-48)29-36-13-11-35(12-14-36)21-24-50-39-16-7-32(2)8-17-39/h5-20,25-27,34H,21-24,28-30H2,1-4H3/b20-15+/t34-/m0/s1. The first-order valence-electron chi connectivity index (χ1n) is 17.8. The summed E-state index contributed by atoms with van der Waals surface area (Å²) >= 11 is 6.65. The van der Waals surface area contributed by atoms with Crippen molar-refractivity contribution < 1.29 is 19.0 Å². The van der Waals surface area contributed by atoms with Gasteiger partial charge in [-0.1, -0.05) is 83.4 Å². The second-order valence-electron chi connectivity index (χ2n) is 13.5. The summed E-state index contributed by atoms with van der Waals surface area (Å²) in [6.45, 7) is 12.4. The van der Waals surface area contributed by atoms with Crippen LogP contribution in [0.1, 0.15) is 45.9 Å². The number of hydrogen-bond donors (Lipinski definition) is 0. The van der Waals surface area contributed by atoms with Crippen LogP contribution in [0, 0.1) is 20.8 Å². The quantitative estimate of drug-likeness (QED) is 0.113. The highest BCUT2D eigenvalue weighted by atomic mass is 35.5. The van der Waals surface area contributed by atoms with E-state index in [9.17, 15) is 4.79 Å². The third kappa shape index (κ3) is 10.2. The molecule has 0 spiro atoms. The first-order chi connectivity index (χ1) is 25.2. The average Bonchev–Trinajstić information content (AvgIpc) is 3.14. The molecule has 1 fully saturated rings. The maximum atomic E-state index is 13.2. The number of carbonyl (C=O) groups is 1. The minimum atomic E-state index is -0.00769. The second-order valence-corrected chi connectivity index (χ2v) is 13.9. The molecule has 0 saturated carbocycles. The highest BCUT2D eigenvalue weighted by Crippen LogP contribution is 2.34. The third-order valence-corrected chi connectivity index (χ3v) is 9.56. The summed E-state index contributed by atoms with van der Waals surface area (Å²) in [5, 5.41) is 0.444. The Morgan fingerprint density at radius 2 is 1.50 bits per heavy atom. The molecule has 2 heterocycles. The summed E-state index contributed by atoms with van der Waals surface area (Å²) in [4.78, 5) is 21.9. The van der Waals surface area contributed by atoms with Crippen LogP contribution in [0.25, 0.3) is 6.08 Å². The minimum Gasteiger partial charge on any atom is -0.493 e. The Kier molecular flexibility index (Phi) is 12.3. The fourth-order valence-electron chi connectivity index (χ4n) is 6.12. The number of benzene rings is 4. The van der Waals surface area contributed by atoms with E-state index < -0.39 is 0 Å². The van der Waals surface area contributed by atoms with Crippen LogP contribution in [-0.4, -0.2) is 53.0 Å². The molecule has 6 rings (SSSR count). The summed E-state index contributed by atoms with van der Waals surface area (Å²) < 4.78 is 17.8. The third-order valence-electron chi connectivity index (χ3n) is 9.28. The molecule has 7 nitrogen and oxygen atoms in total. The molecule has 4 aromatic carbocycles. The molecule has 5 aromatic rings. The van der Waals surface area contributed by atoms with E-state index in [0.717, 1.165) is 42.0 Å². The van der Waals surface area contributed by atoms with Crippen molar-refractivity contribution in [2.75, 3.05) is 26.2 Å². The largest absolute Gasteiger partial charge is 0.493 e. The van der Waals surface area contributed by atoms with E-state index >= 15 is 0 Å². The van der Waals surface area contributed by atoms with Gasteiger partial charge in [0.1, 0.15) is 18.1 Å². The molecule has 0 unspecified atom stereocenters. The number of piperazine rings is 1. The van der Waals surface area contributed by atoms with Gasteiger partial charge in [0, 0.05) is 50.8 Å². The van der Waals surface area contributed by atoms with E-state index in [4.69, 9.17) is 25.8 Å². The van der Waals surface area contributed by atoms with Gasteiger partial charge >= 0.3 is 0 Å². The number of carbonyl (C=O) groups excluding carboxylic acids is 1. The molecule has 0 aliphatic carbocycles. The molecule has 52 heavy (non-hydrogen) atoms. The first kappa shape index (κ1) is 36.7. The molecule has 8 heteroatoms. The predicted molar refractivity (Wildman–Crippen MR) is 208 cm³/mol. The van der Waals surface area contributed by atoms with Crippen molar-refractivity contribution in [2.24, 2.45) is 0 Å². The molecule has 1 aromatic heterocycles. The molecule has 0 bridgehead atoms. The van der Waals surface area contributed by atoms with E-state index in [0.29, 0.717) is 48.7 Å². The smallest absolute Gasteiger partial charge is 0.246 e. The van der Waals surface area contributed by atoms with Gasteiger partial charge in [0.25, 0.3) is 0 Å². The van der Waals surface area contributed by atoms with Crippen molar-refractivity contribution in [1.82, 2.24) is 14.8 Å². The first-order valence-corrected chi connectivity index (χ1v) is 18.2. The van der Waals surface area contributed by atoms with Crippen molar-refractivity contribution in [1.29, 1.82) is 0 Å². The predicted octanol–water partition coefficient (Wildman–Crippen LogP) is 9.40. The van der Waals surface area contributed by atoms with Crippen LogP contribution in [0.5, 0.6) is 23.1 Å². The lowest BCUT2D eigenvalue weighted by molar-refractivity contribution is -0.128. The Bertz CT molecular complexity index is 1940.